The fourth-order valence-electron chi connectivity index (χ4n) is 4.33. The topological polar surface area (TPSA) is 59.5 Å². The van der Waals surface area contributed by atoms with Gasteiger partial charge < -0.3 is 4.74 Å². The first-order valence-corrected chi connectivity index (χ1v) is 11.8. The van der Waals surface area contributed by atoms with E-state index in [0.29, 0.717) is 30.9 Å². The first kappa shape index (κ1) is 20.3. The summed E-state index contributed by atoms with van der Waals surface area (Å²) in [5.74, 6) is 2.65. The van der Waals surface area contributed by atoms with Crippen LogP contribution in [0.1, 0.15) is 13.8 Å². The van der Waals surface area contributed by atoms with E-state index in [0.717, 1.165) is 30.1 Å². The minimum absolute atomic E-state index is 0.213. The first-order valence-electron chi connectivity index (χ1n) is 9.91. The predicted octanol–water partition coefficient (Wildman–Crippen LogP) is 3.46. The molecule has 1 aliphatic heterocycles. The minimum atomic E-state index is -3.24. The Hall–Kier alpha value is -1.99. The summed E-state index contributed by atoms with van der Waals surface area (Å²) in [6, 6.07) is 11.0. The Morgan fingerprint density at radius 3 is 2.31 bits per heavy atom. The lowest BCUT2D eigenvalue weighted by molar-refractivity contribution is 0.126. The van der Waals surface area contributed by atoms with E-state index < -0.39 is 15.5 Å². The molecule has 1 saturated heterocycles. The predicted molar refractivity (Wildman–Crippen MR) is 110 cm³/mol. The monoisotopic (exact) mass is 418 g/mol. The van der Waals surface area contributed by atoms with Gasteiger partial charge in [-0.1, -0.05) is 0 Å². The molecule has 0 bridgehead atoms. The lowest BCUT2D eigenvalue weighted by Gasteiger charge is -2.25. The lowest BCUT2D eigenvalue weighted by atomic mass is 10.1. The Balaban J connectivity index is 1.28. The van der Waals surface area contributed by atoms with Crippen molar-refractivity contribution in [1.29, 1.82) is 0 Å². The number of alkyl halides is 1. The number of piperidine rings is 1. The Bertz CT molecular complexity index is 957. The van der Waals surface area contributed by atoms with Gasteiger partial charge in [-0.05, 0) is 62.1 Å². The molecule has 4 rings (SSSR count). The third-order valence-corrected chi connectivity index (χ3v) is 6.90. The number of rotatable bonds is 7. The van der Waals surface area contributed by atoms with Crippen molar-refractivity contribution in [2.75, 3.05) is 32.5 Å². The summed E-state index contributed by atoms with van der Waals surface area (Å²) in [6.07, 6.45) is 2.55. The molecule has 1 aliphatic carbocycles. The van der Waals surface area contributed by atoms with Gasteiger partial charge >= 0.3 is 0 Å². The van der Waals surface area contributed by atoms with Crippen LogP contribution >= 0.6 is 0 Å². The molecule has 156 valence electrons. The molecule has 1 saturated carbocycles. The molecule has 0 spiro atoms. The molecule has 2 fully saturated rings. The number of hydrogen-bond acceptors (Lipinski definition) is 5. The number of fused-ring (bicyclic) bond motifs is 1. The zero-order valence-electron chi connectivity index (χ0n) is 17.0. The summed E-state index contributed by atoms with van der Waals surface area (Å²) in [5, 5.41) is 0. The summed E-state index contributed by atoms with van der Waals surface area (Å²) in [6.45, 7) is 6.42. The third-order valence-electron chi connectivity index (χ3n) is 5.80. The molecule has 7 heteroatoms. The van der Waals surface area contributed by atoms with Gasteiger partial charge in [0.1, 0.15) is 11.4 Å². The van der Waals surface area contributed by atoms with Crippen molar-refractivity contribution in [3.05, 3.63) is 42.6 Å². The molecule has 2 aromatic rings. The molecule has 0 N–H and O–H groups in total. The number of ether oxygens (including phenoxy) is 1. The largest absolute Gasteiger partial charge is 0.493 e. The van der Waals surface area contributed by atoms with Gasteiger partial charge in [0.25, 0.3) is 0 Å². The lowest BCUT2D eigenvalue weighted by Crippen LogP contribution is -2.36. The average molecular weight is 419 g/mol. The van der Waals surface area contributed by atoms with Crippen LogP contribution in [0.25, 0.3) is 11.3 Å². The van der Waals surface area contributed by atoms with Crippen LogP contribution in [-0.4, -0.2) is 56.5 Å². The van der Waals surface area contributed by atoms with Crippen LogP contribution in [-0.2, 0) is 9.84 Å². The fraction of sp³-hybridized carbons (Fsp3) is 0.500. The highest BCUT2D eigenvalue weighted by atomic mass is 32.2. The van der Waals surface area contributed by atoms with Gasteiger partial charge in [-0.2, -0.15) is 0 Å². The van der Waals surface area contributed by atoms with Crippen LogP contribution in [0.4, 0.5) is 4.39 Å². The standard InChI is InChI=1S/C22H27FN2O3S/c1-22(2,23)14-25-11-18-19(12-25)20(18)13-28-16-6-4-15(5-7-16)21-9-8-17(10-24-21)29(3,26)27/h4-10,18-20H,11-14H2,1-3H3/t18-,19+,20?. The zero-order chi connectivity index (χ0) is 20.8. The smallest absolute Gasteiger partial charge is 0.177 e. The van der Waals surface area contributed by atoms with Gasteiger partial charge in [-0.25, -0.2) is 12.8 Å². The van der Waals surface area contributed by atoms with Crippen LogP contribution in [0, 0.1) is 17.8 Å². The van der Waals surface area contributed by atoms with Gasteiger partial charge in [0.15, 0.2) is 9.84 Å². The second-order valence-electron chi connectivity index (χ2n) is 8.89. The summed E-state index contributed by atoms with van der Waals surface area (Å²) >= 11 is 0. The van der Waals surface area contributed by atoms with E-state index in [1.807, 2.05) is 24.3 Å². The second kappa shape index (κ2) is 7.36. The third kappa shape index (κ3) is 4.78. The Morgan fingerprint density at radius 1 is 1.14 bits per heavy atom. The maximum Gasteiger partial charge on any atom is 0.177 e. The van der Waals surface area contributed by atoms with Gasteiger partial charge in [-0.15, -0.1) is 0 Å². The van der Waals surface area contributed by atoms with E-state index in [2.05, 4.69) is 9.88 Å². The number of sulfone groups is 1. The number of nitrogens with zero attached hydrogens (tertiary/aromatic N) is 2. The van der Waals surface area contributed by atoms with Gasteiger partial charge in [0.05, 0.1) is 17.2 Å². The van der Waals surface area contributed by atoms with Gasteiger partial charge in [-0.3, -0.25) is 9.88 Å². The average Bonchev–Trinajstić information content (AvgIpc) is 3.10. The van der Waals surface area contributed by atoms with Gasteiger partial charge in [0.2, 0.25) is 0 Å². The molecule has 0 amide bonds. The quantitative estimate of drug-likeness (QED) is 0.689. The van der Waals surface area contributed by atoms with Crippen molar-refractivity contribution in [3.63, 3.8) is 0 Å². The summed E-state index contributed by atoms with van der Waals surface area (Å²) in [5.41, 5.74) is 0.492. The Kier molecular flexibility index (Phi) is 5.15. The number of aromatic nitrogens is 1. The van der Waals surface area contributed by atoms with E-state index in [-0.39, 0.29) is 4.90 Å². The normalized spacial score (nSPS) is 24.3. The number of pyridine rings is 1. The minimum Gasteiger partial charge on any atom is -0.493 e. The molecular weight excluding hydrogens is 391 g/mol. The number of hydrogen-bond donors (Lipinski definition) is 0. The van der Waals surface area contributed by atoms with Crippen LogP contribution in [0.2, 0.25) is 0 Å². The molecule has 2 heterocycles. The second-order valence-corrected chi connectivity index (χ2v) is 10.9. The van der Waals surface area contributed by atoms with Crippen molar-refractivity contribution in [3.8, 4) is 17.0 Å². The zero-order valence-corrected chi connectivity index (χ0v) is 17.8. The van der Waals surface area contributed by atoms with E-state index >= 15 is 0 Å². The van der Waals surface area contributed by atoms with Gasteiger partial charge in [0, 0.05) is 43.6 Å². The Labute approximate surface area is 171 Å². The molecule has 5 nitrogen and oxygen atoms in total. The summed E-state index contributed by atoms with van der Waals surface area (Å²) in [4.78, 5) is 6.69. The summed E-state index contributed by atoms with van der Waals surface area (Å²) < 4.78 is 42.8. The van der Waals surface area contributed by atoms with Crippen LogP contribution in [0.15, 0.2) is 47.5 Å². The van der Waals surface area contributed by atoms with E-state index in [1.54, 1.807) is 26.0 Å². The maximum atomic E-state index is 13.8. The summed E-state index contributed by atoms with van der Waals surface area (Å²) in [7, 11) is -3.24. The highest BCUT2D eigenvalue weighted by molar-refractivity contribution is 7.90. The van der Waals surface area contributed by atoms with Crippen LogP contribution in [0.5, 0.6) is 5.75 Å². The molecule has 1 unspecified atom stereocenters. The molecule has 3 atom stereocenters. The highest BCUT2D eigenvalue weighted by Crippen LogP contribution is 2.52. The molecular formula is C22H27FN2O3S. The first-order chi connectivity index (χ1) is 13.6. The van der Waals surface area contributed by atoms with E-state index in [9.17, 15) is 12.8 Å². The maximum absolute atomic E-state index is 13.8. The van der Waals surface area contributed by atoms with E-state index in [4.69, 9.17) is 4.74 Å². The molecule has 0 radical (unpaired) electrons. The SMILES string of the molecule is CC(C)(F)CN1C[C@@H]2C(COc3ccc(-c4ccc(S(C)(=O)=O)cn4)cc3)[C@@H]2C1. The van der Waals surface area contributed by atoms with Crippen molar-refractivity contribution in [1.82, 2.24) is 9.88 Å². The molecule has 1 aromatic carbocycles. The number of likely N-dealkylation sites (tertiary alicyclic amines) is 1. The number of benzene rings is 1. The van der Waals surface area contributed by atoms with Crippen LogP contribution in [0.3, 0.4) is 0 Å². The number of halogens is 1. The molecule has 29 heavy (non-hydrogen) atoms. The highest BCUT2D eigenvalue weighted by Gasteiger charge is 2.56. The van der Waals surface area contributed by atoms with Crippen molar-refractivity contribution in [2.24, 2.45) is 17.8 Å². The van der Waals surface area contributed by atoms with E-state index in [1.165, 1.54) is 12.5 Å². The van der Waals surface area contributed by atoms with Crippen molar-refractivity contribution < 1.29 is 17.5 Å². The van der Waals surface area contributed by atoms with Crippen molar-refractivity contribution in [2.45, 2.75) is 24.4 Å². The molecule has 1 aromatic heterocycles. The molecule has 2 aliphatic rings. The van der Waals surface area contributed by atoms with Crippen molar-refractivity contribution >= 4 is 9.84 Å². The fourth-order valence-corrected chi connectivity index (χ4v) is 4.89. The van der Waals surface area contributed by atoms with Crippen LogP contribution < -0.4 is 4.74 Å². The Morgan fingerprint density at radius 2 is 1.79 bits per heavy atom.